The maximum atomic E-state index is 4.66. The van der Waals surface area contributed by atoms with Crippen molar-refractivity contribution in [2.75, 3.05) is 22.9 Å². The van der Waals surface area contributed by atoms with E-state index in [1.165, 1.54) is 23.2 Å². The van der Waals surface area contributed by atoms with Crippen molar-refractivity contribution in [3.05, 3.63) is 71.7 Å². The van der Waals surface area contributed by atoms with Gasteiger partial charge in [0.1, 0.15) is 0 Å². The lowest BCUT2D eigenvalue weighted by molar-refractivity contribution is 0.616. The Morgan fingerprint density at radius 2 is 1.83 bits per heavy atom. The number of hydrogen-bond acceptors (Lipinski definition) is 3. The smallest absolute Gasteiger partial charge is 0.0869 e. The van der Waals surface area contributed by atoms with Gasteiger partial charge in [0.2, 0.25) is 0 Å². The van der Waals surface area contributed by atoms with E-state index in [1.54, 1.807) is 0 Å². The van der Waals surface area contributed by atoms with Crippen LogP contribution in [0.4, 0.5) is 11.4 Å². The lowest BCUT2D eigenvalue weighted by atomic mass is 10.1. The summed E-state index contributed by atoms with van der Waals surface area (Å²) in [7, 11) is 0. The molecule has 0 aliphatic carbocycles. The van der Waals surface area contributed by atoms with E-state index in [9.17, 15) is 0 Å². The average Bonchev–Trinajstić information content (AvgIpc) is 2.57. The first kappa shape index (κ1) is 15.0. The number of anilines is 2. The summed E-state index contributed by atoms with van der Waals surface area (Å²) in [5.74, 6) is 0. The second-order valence-corrected chi connectivity index (χ2v) is 6.52. The molecule has 0 amide bonds. The van der Waals surface area contributed by atoms with Gasteiger partial charge in [-0.2, -0.15) is 0 Å². The van der Waals surface area contributed by atoms with Gasteiger partial charge >= 0.3 is 0 Å². The van der Waals surface area contributed by atoms with Crippen LogP contribution in [0.15, 0.2) is 54.9 Å². The van der Waals surface area contributed by atoms with Crippen LogP contribution in [0.5, 0.6) is 0 Å². The zero-order chi connectivity index (χ0) is 16.5. The molecule has 1 fully saturated rings. The Kier molecular flexibility index (Phi) is 3.85. The molecule has 1 aromatic carbocycles. The maximum Gasteiger partial charge on any atom is 0.0869 e. The van der Waals surface area contributed by atoms with Gasteiger partial charge < -0.3 is 9.80 Å². The van der Waals surface area contributed by atoms with Crippen molar-refractivity contribution in [2.45, 2.75) is 26.3 Å². The van der Waals surface area contributed by atoms with E-state index in [4.69, 9.17) is 0 Å². The van der Waals surface area contributed by atoms with Gasteiger partial charge in [0, 0.05) is 25.3 Å². The Morgan fingerprint density at radius 3 is 2.50 bits per heavy atom. The van der Waals surface area contributed by atoms with Gasteiger partial charge in [0.05, 0.1) is 23.3 Å². The molecule has 3 heteroatoms. The van der Waals surface area contributed by atoms with Gasteiger partial charge in [0.25, 0.3) is 0 Å². The SMILES string of the molecule is C=C1C=Cc2ncc(N3CCC3)cc2N1Cc1ccc(CC)cc1. The number of benzene rings is 1. The van der Waals surface area contributed by atoms with Gasteiger partial charge in [-0.25, -0.2) is 0 Å². The molecule has 0 atom stereocenters. The Balaban J connectivity index is 1.64. The zero-order valence-electron chi connectivity index (χ0n) is 14.2. The van der Waals surface area contributed by atoms with E-state index in [0.29, 0.717) is 0 Å². The Hall–Kier alpha value is -2.55. The second-order valence-electron chi connectivity index (χ2n) is 6.52. The summed E-state index contributed by atoms with van der Waals surface area (Å²) < 4.78 is 0. The molecular formula is C21H23N3. The normalized spacial score (nSPS) is 16.1. The van der Waals surface area contributed by atoms with Gasteiger partial charge in [-0.15, -0.1) is 0 Å². The minimum Gasteiger partial charge on any atom is -0.370 e. The monoisotopic (exact) mass is 317 g/mol. The standard InChI is InChI=1S/C21H23N3/c1-3-17-6-8-18(9-7-17)15-24-16(2)5-10-20-21(24)13-19(14-22-20)23-11-4-12-23/h5-10,13-14H,2-4,11-12,15H2,1H3. The first-order valence-electron chi connectivity index (χ1n) is 8.72. The molecule has 122 valence electrons. The highest BCUT2D eigenvalue weighted by atomic mass is 15.2. The maximum absolute atomic E-state index is 4.66. The average molecular weight is 317 g/mol. The van der Waals surface area contributed by atoms with E-state index in [2.05, 4.69) is 70.8 Å². The van der Waals surface area contributed by atoms with Gasteiger partial charge in [-0.05, 0) is 42.2 Å². The lowest BCUT2D eigenvalue weighted by Gasteiger charge is -2.35. The van der Waals surface area contributed by atoms with E-state index >= 15 is 0 Å². The predicted octanol–water partition coefficient (Wildman–Crippen LogP) is 4.40. The molecule has 0 N–H and O–H groups in total. The first-order valence-corrected chi connectivity index (χ1v) is 8.72. The molecule has 0 unspecified atom stereocenters. The summed E-state index contributed by atoms with van der Waals surface area (Å²) >= 11 is 0. The summed E-state index contributed by atoms with van der Waals surface area (Å²) in [6, 6.07) is 11.1. The lowest BCUT2D eigenvalue weighted by Crippen LogP contribution is -2.37. The van der Waals surface area contributed by atoms with Crippen molar-refractivity contribution in [3.8, 4) is 0 Å². The van der Waals surface area contributed by atoms with Gasteiger partial charge in [-0.3, -0.25) is 4.98 Å². The van der Waals surface area contributed by atoms with Crippen LogP contribution in [0.25, 0.3) is 6.08 Å². The van der Waals surface area contributed by atoms with E-state index in [-0.39, 0.29) is 0 Å². The van der Waals surface area contributed by atoms with Gasteiger partial charge in [0.15, 0.2) is 0 Å². The van der Waals surface area contributed by atoms with Crippen LogP contribution >= 0.6 is 0 Å². The third kappa shape index (κ3) is 2.71. The third-order valence-electron chi connectivity index (χ3n) is 4.95. The molecule has 4 rings (SSSR count). The summed E-state index contributed by atoms with van der Waals surface area (Å²) in [4.78, 5) is 9.31. The molecule has 1 aromatic heterocycles. The van der Waals surface area contributed by atoms with Crippen molar-refractivity contribution in [2.24, 2.45) is 0 Å². The highest BCUT2D eigenvalue weighted by molar-refractivity contribution is 5.76. The number of fused-ring (bicyclic) bond motifs is 1. The predicted molar refractivity (Wildman–Crippen MR) is 101 cm³/mol. The fourth-order valence-electron chi connectivity index (χ4n) is 3.21. The molecular weight excluding hydrogens is 294 g/mol. The van der Waals surface area contributed by atoms with Crippen molar-refractivity contribution in [3.63, 3.8) is 0 Å². The second kappa shape index (κ2) is 6.16. The number of rotatable bonds is 4. The Labute approximate surface area is 143 Å². The Bertz CT molecular complexity index is 785. The summed E-state index contributed by atoms with van der Waals surface area (Å²) in [6.07, 6.45) is 8.46. The molecule has 2 aliphatic heterocycles. The van der Waals surface area contributed by atoms with Crippen molar-refractivity contribution in [1.29, 1.82) is 0 Å². The zero-order valence-corrected chi connectivity index (χ0v) is 14.2. The number of hydrogen-bond donors (Lipinski definition) is 0. The number of nitrogens with zero attached hydrogens (tertiary/aromatic N) is 3. The van der Waals surface area contributed by atoms with Gasteiger partial charge in [-0.1, -0.05) is 37.8 Å². The van der Waals surface area contributed by atoms with Crippen LogP contribution in [-0.2, 0) is 13.0 Å². The molecule has 0 saturated carbocycles. The number of pyridine rings is 1. The van der Waals surface area contributed by atoms with Crippen LogP contribution in [-0.4, -0.2) is 18.1 Å². The van der Waals surface area contributed by atoms with E-state index in [1.807, 2.05) is 6.20 Å². The quantitative estimate of drug-likeness (QED) is 0.833. The first-order chi connectivity index (χ1) is 11.7. The molecule has 2 aliphatic rings. The topological polar surface area (TPSA) is 19.4 Å². The van der Waals surface area contributed by atoms with Crippen LogP contribution in [0.3, 0.4) is 0 Å². The molecule has 0 spiro atoms. The van der Waals surface area contributed by atoms with Crippen LogP contribution < -0.4 is 9.80 Å². The highest BCUT2D eigenvalue weighted by Gasteiger charge is 2.21. The molecule has 24 heavy (non-hydrogen) atoms. The summed E-state index contributed by atoms with van der Waals surface area (Å²) in [5, 5.41) is 0. The molecule has 0 radical (unpaired) electrons. The van der Waals surface area contributed by atoms with Crippen LogP contribution in [0.2, 0.25) is 0 Å². The van der Waals surface area contributed by atoms with E-state index < -0.39 is 0 Å². The molecule has 3 heterocycles. The van der Waals surface area contributed by atoms with Crippen molar-refractivity contribution in [1.82, 2.24) is 4.98 Å². The number of aryl methyl sites for hydroxylation is 1. The van der Waals surface area contributed by atoms with Crippen LogP contribution in [0, 0.1) is 0 Å². The van der Waals surface area contributed by atoms with E-state index in [0.717, 1.165) is 43.1 Å². The van der Waals surface area contributed by atoms with Crippen LogP contribution in [0.1, 0.15) is 30.2 Å². The molecule has 3 nitrogen and oxygen atoms in total. The third-order valence-corrected chi connectivity index (χ3v) is 4.95. The number of allylic oxidation sites excluding steroid dienone is 1. The number of aromatic nitrogens is 1. The molecule has 0 bridgehead atoms. The highest BCUT2D eigenvalue weighted by Crippen LogP contribution is 2.34. The fraction of sp³-hybridized carbons (Fsp3) is 0.286. The summed E-state index contributed by atoms with van der Waals surface area (Å²) in [6.45, 7) is 9.51. The molecule has 1 saturated heterocycles. The Morgan fingerprint density at radius 1 is 1.08 bits per heavy atom. The minimum absolute atomic E-state index is 0.825. The van der Waals surface area contributed by atoms with Crippen molar-refractivity contribution < 1.29 is 0 Å². The minimum atomic E-state index is 0.825. The fourth-order valence-corrected chi connectivity index (χ4v) is 3.21. The largest absolute Gasteiger partial charge is 0.370 e. The summed E-state index contributed by atoms with van der Waals surface area (Å²) in [5.41, 5.74) is 7.09. The molecule has 2 aromatic rings. The van der Waals surface area contributed by atoms with Crippen molar-refractivity contribution >= 4 is 17.5 Å².